The summed E-state index contributed by atoms with van der Waals surface area (Å²) in [6.07, 6.45) is 3.46. The monoisotopic (exact) mass is 291 g/mol. The van der Waals surface area contributed by atoms with Crippen molar-refractivity contribution in [3.8, 4) is 5.75 Å². The summed E-state index contributed by atoms with van der Waals surface area (Å²) >= 11 is 0. The van der Waals surface area contributed by atoms with E-state index in [2.05, 4.69) is 51.2 Å². The summed E-state index contributed by atoms with van der Waals surface area (Å²) in [5.74, 6) is 0.985. The van der Waals surface area contributed by atoms with Crippen LogP contribution in [0.15, 0.2) is 24.3 Å². The van der Waals surface area contributed by atoms with Crippen LogP contribution in [-0.4, -0.2) is 24.9 Å². The van der Waals surface area contributed by atoms with Gasteiger partial charge in [0.05, 0.1) is 11.7 Å². The molecule has 3 nitrogen and oxygen atoms in total. The van der Waals surface area contributed by atoms with Crippen LogP contribution in [0, 0.1) is 0 Å². The molecule has 3 heteroatoms. The highest BCUT2D eigenvalue weighted by molar-refractivity contribution is 5.36. The van der Waals surface area contributed by atoms with Gasteiger partial charge in [0, 0.05) is 11.6 Å². The Morgan fingerprint density at radius 3 is 2.71 bits per heavy atom. The number of para-hydroxylation sites is 1. The third kappa shape index (κ3) is 4.45. The van der Waals surface area contributed by atoms with Crippen LogP contribution in [-0.2, 0) is 4.74 Å². The fraction of sp³-hybridized carbons (Fsp3) is 0.667. The Kier molecular flexibility index (Phi) is 5.65. The third-order valence-corrected chi connectivity index (χ3v) is 4.13. The first-order valence-corrected chi connectivity index (χ1v) is 8.18. The average molecular weight is 291 g/mol. The van der Waals surface area contributed by atoms with E-state index < -0.39 is 0 Å². The fourth-order valence-corrected chi connectivity index (χ4v) is 3.00. The van der Waals surface area contributed by atoms with Gasteiger partial charge < -0.3 is 14.8 Å². The molecule has 1 N–H and O–H groups in total. The van der Waals surface area contributed by atoms with Crippen LogP contribution in [0.25, 0.3) is 0 Å². The molecule has 2 unspecified atom stereocenters. The first kappa shape index (κ1) is 16.3. The molecule has 1 aromatic rings. The molecule has 0 saturated carbocycles. The summed E-state index contributed by atoms with van der Waals surface area (Å²) in [6.45, 7) is 10.3. The van der Waals surface area contributed by atoms with Crippen molar-refractivity contribution in [2.45, 2.75) is 64.7 Å². The molecule has 2 rings (SSSR count). The van der Waals surface area contributed by atoms with Crippen molar-refractivity contribution in [1.29, 1.82) is 0 Å². The second kappa shape index (κ2) is 7.28. The molecule has 1 aliphatic rings. The van der Waals surface area contributed by atoms with E-state index in [9.17, 15) is 0 Å². The van der Waals surface area contributed by atoms with E-state index in [-0.39, 0.29) is 11.7 Å². The van der Waals surface area contributed by atoms with E-state index in [1.165, 1.54) is 5.56 Å². The lowest BCUT2D eigenvalue weighted by atomic mass is 10.0. The summed E-state index contributed by atoms with van der Waals surface area (Å²) in [5, 5.41) is 3.52. The highest BCUT2D eigenvalue weighted by Gasteiger charge is 2.32. The maximum atomic E-state index is 6.08. The van der Waals surface area contributed by atoms with E-state index in [1.54, 1.807) is 0 Å². The van der Waals surface area contributed by atoms with Crippen LogP contribution in [0.5, 0.6) is 5.75 Å². The van der Waals surface area contributed by atoms with E-state index in [0.717, 1.165) is 31.6 Å². The summed E-state index contributed by atoms with van der Waals surface area (Å²) < 4.78 is 12.1. The zero-order chi connectivity index (χ0) is 15.3. The SMILES string of the molecule is CCNC(CC)c1ccccc1OCC1CCC(C)(C)O1. The van der Waals surface area contributed by atoms with Crippen molar-refractivity contribution in [2.75, 3.05) is 13.2 Å². The van der Waals surface area contributed by atoms with Gasteiger partial charge in [-0.3, -0.25) is 0 Å². The Labute approximate surface area is 129 Å². The van der Waals surface area contributed by atoms with Gasteiger partial charge in [-0.25, -0.2) is 0 Å². The molecule has 2 atom stereocenters. The third-order valence-electron chi connectivity index (χ3n) is 4.13. The number of rotatable bonds is 7. The lowest BCUT2D eigenvalue weighted by Gasteiger charge is -2.22. The average Bonchev–Trinajstić information content (AvgIpc) is 2.82. The van der Waals surface area contributed by atoms with Gasteiger partial charge in [-0.15, -0.1) is 0 Å². The largest absolute Gasteiger partial charge is 0.491 e. The molecule has 0 radical (unpaired) electrons. The van der Waals surface area contributed by atoms with Crippen molar-refractivity contribution in [1.82, 2.24) is 5.32 Å². The Morgan fingerprint density at radius 1 is 1.33 bits per heavy atom. The Bertz CT molecular complexity index is 445. The van der Waals surface area contributed by atoms with Crippen LogP contribution < -0.4 is 10.1 Å². The summed E-state index contributed by atoms with van der Waals surface area (Å²) in [4.78, 5) is 0. The molecule has 118 valence electrons. The molecule has 1 heterocycles. The molecule has 0 bridgehead atoms. The number of ether oxygens (including phenoxy) is 2. The van der Waals surface area contributed by atoms with E-state index >= 15 is 0 Å². The summed E-state index contributed by atoms with van der Waals surface area (Å²) in [7, 11) is 0. The molecule has 0 aromatic heterocycles. The first-order valence-electron chi connectivity index (χ1n) is 8.18. The highest BCUT2D eigenvalue weighted by atomic mass is 16.6. The molecule has 1 aromatic carbocycles. The van der Waals surface area contributed by atoms with E-state index in [0.29, 0.717) is 12.6 Å². The highest BCUT2D eigenvalue weighted by Crippen LogP contribution is 2.31. The number of hydrogen-bond donors (Lipinski definition) is 1. The van der Waals surface area contributed by atoms with Gasteiger partial charge in [-0.2, -0.15) is 0 Å². The Morgan fingerprint density at radius 2 is 2.10 bits per heavy atom. The Balaban J connectivity index is 2.00. The minimum absolute atomic E-state index is 0.00324. The van der Waals surface area contributed by atoms with Crippen LogP contribution in [0.4, 0.5) is 0 Å². The Hall–Kier alpha value is -1.06. The fourth-order valence-electron chi connectivity index (χ4n) is 3.00. The first-order chi connectivity index (χ1) is 10.1. The van der Waals surface area contributed by atoms with Gasteiger partial charge >= 0.3 is 0 Å². The number of hydrogen-bond acceptors (Lipinski definition) is 3. The molecular formula is C18H29NO2. The van der Waals surface area contributed by atoms with Crippen molar-refractivity contribution in [3.05, 3.63) is 29.8 Å². The predicted molar refractivity (Wildman–Crippen MR) is 86.8 cm³/mol. The molecule has 0 aliphatic carbocycles. The van der Waals surface area contributed by atoms with Gasteiger partial charge in [-0.1, -0.05) is 32.0 Å². The molecule has 21 heavy (non-hydrogen) atoms. The summed E-state index contributed by atoms with van der Waals surface area (Å²) in [6, 6.07) is 8.70. The lowest BCUT2D eigenvalue weighted by Crippen LogP contribution is -2.25. The molecule has 1 fully saturated rings. The van der Waals surface area contributed by atoms with Gasteiger partial charge in [0.1, 0.15) is 12.4 Å². The second-order valence-electron chi connectivity index (χ2n) is 6.41. The van der Waals surface area contributed by atoms with Crippen molar-refractivity contribution < 1.29 is 9.47 Å². The topological polar surface area (TPSA) is 30.5 Å². The van der Waals surface area contributed by atoms with Crippen molar-refractivity contribution in [2.24, 2.45) is 0 Å². The zero-order valence-electron chi connectivity index (χ0n) is 13.8. The maximum Gasteiger partial charge on any atom is 0.124 e. The van der Waals surface area contributed by atoms with Crippen LogP contribution in [0.3, 0.4) is 0 Å². The van der Waals surface area contributed by atoms with Gasteiger partial charge in [-0.05, 0) is 45.7 Å². The molecule has 0 amide bonds. The predicted octanol–water partition coefficient (Wildman–Crippen LogP) is 4.08. The standard InChI is InChI=1S/C18H29NO2/c1-5-16(19-6-2)15-9-7-8-10-17(15)20-13-14-11-12-18(3,4)21-14/h7-10,14,16,19H,5-6,11-13H2,1-4H3. The maximum absolute atomic E-state index is 6.08. The van der Waals surface area contributed by atoms with Crippen molar-refractivity contribution >= 4 is 0 Å². The van der Waals surface area contributed by atoms with Gasteiger partial charge in [0.2, 0.25) is 0 Å². The molecule has 1 aliphatic heterocycles. The minimum atomic E-state index is 0.00324. The minimum Gasteiger partial charge on any atom is -0.491 e. The summed E-state index contributed by atoms with van der Waals surface area (Å²) in [5.41, 5.74) is 1.25. The van der Waals surface area contributed by atoms with E-state index in [1.807, 2.05) is 6.07 Å². The lowest BCUT2D eigenvalue weighted by molar-refractivity contribution is -0.0328. The zero-order valence-corrected chi connectivity index (χ0v) is 13.8. The molecule has 0 spiro atoms. The normalized spacial score (nSPS) is 22.2. The van der Waals surface area contributed by atoms with Crippen molar-refractivity contribution in [3.63, 3.8) is 0 Å². The van der Waals surface area contributed by atoms with Crippen LogP contribution in [0.1, 0.15) is 58.6 Å². The number of benzene rings is 1. The van der Waals surface area contributed by atoms with Crippen LogP contribution >= 0.6 is 0 Å². The van der Waals surface area contributed by atoms with Crippen LogP contribution in [0.2, 0.25) is 0 Å². The second-order valence-corrected chi connectivity index (χ2v) is 6.41. The smallest absolute Gasteiger partial charge is 0.124 e. The van der Waals surface area contributed by atoms with Gasteiger partial charge in [0.15, 0.2) is 0 Å². The molecule has 1 saturated heterocycles. The quantitative estimate of drug-likeness (QED) is 0.821. The number of nitrogens with one attached hydrogen (secondary N) is 1. The van der Waals surface area contributed by atoms with E-state index in [4.69, 9.17) is 9.47 Å². The van der Waals surface area contributed by atoms with Gasteiger partial charge in [0.25, 0.3) is 0 Å². The molecular weight excluding hydrogens is 262 g/mol.